The lowest BCUT2D eigenvalue weighted by atomic mass is 10.1. The largest absolute Gasteiger partial charge is 0.454 e. The molecule has 0 saturated heterocycles. The Morgan fingerprint density at radius 2 is 1.96 bits per heavy atom. The molecule has 5 nitrogen and oxygen atoms in total. The van der Waals surface area contributed by atoms with Gasteiger partial charge in [0.15, 0.2) is 17.2 Å². The average Bonchev–Trinajstić information content (AvgIpc) is 3.14. The quantitative estimate of drug-likeness (QED) is 0.555. The van der Waals surface area contributed by atoms with Crippen molar-refractivity contribution in [1.29, 1.82) is 0 Å². The Labute approximate surface area is 150 Å². The van der Waals surface area contributed by atoms with Gasteiger partial charge in [-0.1, -0.05) is 33.6 Å². The molecule has 0 atom stereocenters. The van der Waals surface area contributed by atoms with E-state index < -0.39 is 5.97 Å². The second kappa shape index (κ2) is 5.96. The minimum absolute atomic E-state index is 0.152. The molecule has 2 aromatic rings. The maximum Gasteiger partial charge on any atom is 0.363 e. The van der Waals surface area contributed by atoms with Crippen LogP contribution in [0, 0.1) is 0 Å². The van der Waals surface area contributed by atoms with Gasteiger partial charge in [0.25, 0.3) is 0 Å². The summed E-state index contributed by atoms with van der Waals surface area (Å²) in [7, 11) is 0. The van der Waals surface area contributed by atoms with Gasteiger partial charge >= 0.3 is 5.97 Å². The molecule has 0 aromatic heterocycles. The number of halogens is 2. The van der Waals surface area contributed by atoms with Crippen LogP contribution >= 0.6 is 27.5 Å². The van der Waals surface area contributed by atoms with Gasteiger partial charge in [-0.05, 0) is 35.9 Å². The van der Waals surface area contributed by atoms with E-state index in [1.807, 2.05) is 24.3 Å². The maximum absolute atomic E-state index is 12.1. The van der Waals surface area contributed by atoms with Crippen molar-refractivity contribution in [2.45, 2.75) is 0 Å². The fraction of sp³-hybridized carbons (Fsp3) is 0.0588. The minimum atomic E-state index is -0.529. The molecule has 0 aliphatic carbocycles. The lowest BCUT2D eigenvalue weighted by molar-refractivity contribution is -0.129. The van der Waals surface area contributed by atoms with E-state index in [-0.39, 0.29) is 18.4 Å². The zero-order valence-electron chi connectivity index (χ0n) is 12.1. The number of aliphatic imine (C=N–C) groups is 1. The summed E-state index contributed by atoms with van der Waals surface area (Å²) in [5.74, 6) is 0.881. The van der Waals surface area contributed by atoms with Crippen molar-refractivity contribution >= 4 is 45.5 Å². The zero-order chi connectivity index (χ0) is 16.7. The molecule has 24 heavy (non-hydrogen) atoms. The third kappa shape index (κ3) is 2.79. The molecule has 7 heteroatoms. The van der Waals surface area contributed by atoms with E-state index >= 15 is 0 Å². The Bertz CT molecular complexity index is 923. The van der Waals surface area contributed by atoms with Crippen molar-refractivity contribution in [3.63, 3.8) is 0 Å². The van der Waals surface area contributed by atoms with Crippen LogP contribution < -0.4 is 9.47 Å². The standard InChI is InChI=1S/C17H9BrClNO4/c18-11-3-1-2-9(4-11)16-20-13(17(21)24-16)5-10-6-14-15(7-12(10)19)23-8-22-14/h1-7H,8H2/b13-5-. The van der Waals surface area contributed by atoms with E-state index in [0.717, 1.165) is 4.47 Å². The van der Waals surface area contributed by atoms with E-state index in [1.54, 1.807) is 18.2 Å². The summed E-state index contributed by atoms with van der Waals surface area (Å²) >= 11 is 9.60. The highest BCUT2D eigenvalue weighted by molar-refractivity contribution is 9.10. The molecule has 2 aromatic carbocycles. The second-order valence-electron chi connectivity index (χ2n) is 5.07. The molecule has 0 bridgehead atoms. The fourth-order valence-corrected chi connectivity index (χ4v) is 2.95. The first kappa shape index (κ1) is 15.2. The average molecular weight is 407 g/mol. The number of hydrogen-bond donors (Lipinski definition) is 0. The lowest BCUT2D eigenvalue weighted by Gasteiger charge is -2.01. The van der Waals surface area contributed by atoms with Gasteiger partial charge in [-0.15, -0.1) is 0 Å². The molecule has 0 spiro atoms. The van der Waals surface area contributed by atoms with Gasteiger partial charge in [0.2, 0.25) is 12.7 Å². The van der Waals surface area contributed by atoms with Crippen LogP contribution in [0.5, 0.6) is 11.5 Å². The van der Waals surface area contributed by atoms with E-state index in [2.05, 4.69) is 20.9 Å². The van der Waals surface area contributed by atoms with Crippen molar-refractivity contribution in [2.24, 2.45) is 4.99 Å². The van der Waals surface area contributed by atoms with E-state index in [0.29, 0.717) is 27.6 Å². The molecule has 0 unspecified atom stereocenters. The molecular formula is C17H9BrClNO4. The van der Waals surface area contributed by atoms with Gasteiger partial charge < -0.3 is 14.2 Å². The van der Waals surface area contributed by atoms with Crippen molar-refractivity contribution in [3.05, 3.63) is 62.7 Å². The van der Waals surface area contributed by atoms with Crippen molar-refractivity contribution in [1.82, 2.24) is 0 Å². The molecule has 2 aliphatic heterocycles. The van der Waals surface area contributed by atoms with Crippen LogP contribution in [0.3, 0.4) is 0 Å². The number of esters is 1. The Morgan fingerprint density at radius 1 is 1.17 bits per heavy atom. The third-order valence-corrected chi connectivity index (χ3v) is 4.30. The van der Waals surface area contributed by atoms with Crippen LogP contribution in [0.15, 0.2) is 51.6 Å². The molecule has 2 aliphatic rings. The number of rotatable bonds is 2. The number of carbonyl (C=O) groups excluding carboxylic acids is 1. The second-order valence-corrected chi connectivity index (χ2v) is 6.40. The zero-order valence-corrected chi connectivity index (χ0v) is 14.4. The van der Waals surface area contributed by atoms with E-state index in [1.165, 1.54) is 0 Å². The number of nitrogens with zero attached hydrogens (tertiary/aromatic N) is 1. The summed E-state index contributed by atoms with van der Waals surface area (Å²) in [4.78, 5) is 16.3. The Kier molecular flexibility index (Phi) is 3.78. The number of hydrogen-bond acceptors (Lipinski definition) is 5. The Balaban J connectivity index is 1.71. The highest BCUT2D eigenvalue weighted by Gasteiger charge is 2.25. The van der Waals surface area contributed by atoms with Crippen LogP contribution in [0.4, 0.5) is 0 Å². The third-order valence-electron chi connectivity index (χ3n) is 3.48. The molecule has 0 radical (unpaired) electrons. The Hall–Kier alpha value is -2.31. The van der Waals surface area contributed by atoms with Gasteiger partial charge in [0, 0.05) is 16.1 Å². The Morgan fingerprint density at radius 3 is 2.75 bits per heavy atom. The molecular weight excluding hydrogens is 398 g/mol. The van der Waals surface area contributed by atoms with Crippen LogP contribution in [0.2, 0.25) is 5.02 Å². The summed E-state index contributed by atoms with van der Waals surface area (Å²) in [5, 5.41) is 0.436. The molecule has 4 rings (SSSR count). The predicted octanol–water partition coefficient (Wildman–Crippen LogP) is 4.18. The van der Waals surface area contributed by atoms with Gasteiger partial charge in [0.05, 0.1) is 5.02 Å². The van der Waals surface area contributed by atoms with Gasteiger partial charge in [0.1, 0.15) is 0 Å². The highest BCUT2D eigenvalue weighted by atomic mass is 79.9. The van der Waals surface area contributed by atoms with Gasteiger partial charge in [-0.2, -0.15) is 0 Å². The maximum atomic E-state index is 12.1. The molecule has 120 valence electrons. The smallest absolute Gasteiger partial charge is 0.363 e. The number of carbonyl (C=O) groups is 1. The normalized spacial score (nSPS) is 17.2. The summed E-state index contributed by atoms with van der Waals surface area (Å²) in [6.07, 6.45) is 1.57. The molecule has 2 heterocycles. The molecule has 0 fully saturated rings. The van der Waals surface area contributed by atoms with Gasteiger partial charge in [-0.25, -0.2) is 9.79 Å². The van der Waals surface area contributed by atoms with Crippen LogP contribution in [0.25, 0.3) is 6.08 Å². The number of cyclic esters (lactones) is 1. The first-order valence-electron chi connectivity index (χ1n) is 6.98. The SMILES string of the molecule is O=C1OC(c2cccc(Br)c2)=N/C1=C\c1cc2c(cc1Cl)OCO2. The van der Waals surface area contributed by atoms with Crippen LogP contribution in [0.1, 0.15) is 11.1 Å². The summed E-state index contributed by atoms with van der Waals surface area (Å²) in [6.45, 7) is 0.152. The molecule has 0 saturated carbocycles. The lowest BCUT2D eigenvalue weighted by Crippen LogP contribution is -2.05. The molecule has 0 N–H and O–H groups in total. The van der Waals surface area contributed by atoms with Crippen LogP contribution in [-0.2, 0) is 9.53 Å². The topological polar surface area (TPSA) is 57.1 Å². The first-order chi connectivity index (χ1) is 11.6. The van der Waals surface area contributed by atoms with Crippen molar-refractivity contribution in [3.8, 4) is 11.5 Å². The minimum Gasteiger partial charge on any atom is -0.454 e. The van der Waals surface area contributed by atoms with Gasteiger partial charge in [-0.3, -0.25) is 0 Å². The summed E-state index contributed by atoms with van der Waals surface area (Å²) in [6, 6.07) is 10.7. The monoisotopic (exact) mass is 405 g/mol. The first-order valence-corrected chi connectivity index (χ1v) is 8.15. The van der Waals surface area contributed by atoms with Crippen molar-refractivity contribution < 1.29 is 19.0 Å². The van der Waals surface area contributed by atoms with Crippen molar-refractivity contribution in [2.75, 3.05) is 6.79 Å². The van der Waals surface area contributed by atoms with Crippen LogP contribution in [-0.4, -0.2) is 18.7 Å². The number of ether oxygens (including phenoxy) is 3. The predicted molar refractivity (Wildman–Crippen MR) is 92.3 cm³/mol. The molecule has 0 amide bonds. The number of benzene rings is 2. The number of fused-ring (bicyclic) bond motifs is 1. The van der Waals surface area contributed by atoms with E-state index in [4.69, 9.17) is 25.8 Å². The van der Waals surface area contributed by atoms with E-state index in [9.17, 15) is 4.79 Å². The summed E-state index contributed by atoms with van der Waals surface area (Å²) < 4.78 is 16.7. The highest BCUT2D eigenvalue weighted by Crippen LogP contribution is 2.38. The summed E-state index contributed by atoms with van der Waals surface area (Å²) in [5.41, 5.74) is 1.48. The fourth-order valence-electron chi connectivity index (χ4n) is 2.34.